The third kappa shape index (κ3) is 1.25. The van der Waals surface area contributed by atoms with Gasteiger partial charge in [-0.2, -0.15) is 0 Å². The van der Waals surface area contributed by atoms with E-state index in [1.807, 2.05) is 0 Å². The number of hydrogen-bond acceptors (Lipinski definition) is 2. The van der Waals surface area contributed by atoms with Gasteiger partial charge in [-0.15, -0.1) is 0 Å². The van der Waals surface area contributed by atoms with Gasteiger partial charge in [0.2, 0.25) is 0 Å². The maximum Gasteiger partial charge on any atom is 0.253 e. The predicted octanol–water partition coefficient (Wildman–Crippen LogP) is -0.129. The van der Waals surface area contributed by atoms with Crippen LogP contribution in [0.15, 0.2) is 24.3 Å². The molecule has 0 radical (unpaired) electrons. The lowest BCUT2D eigenvalue weighted by Gasteiger charge is -1.83. The third-order valence-corrected chi connectivity index (χ3v) is 0.985. The van der Waals surface area contributed by atoms with Crippen molar-refractivity contribution in [2.75, 3.05) is 0 Å². The van der Waals surface area contributed by atoms with Gasteiger partial charge < -0.3 is 5.11 Å². The number of phenols is 1. The number of rotatable bonds is 1. The van der Waals surface area contributed by atoms with Crippen LogP contribution in [0.5, 0.6) is 5.75 Å². The van der Waals surface area contributed by atoms with Crippen LogP contribution in [0, 0.1) is 4.91 Å². The van der Waals surface area contributed by atoms with Gasteiger partial charge in [0.1, 0.15) is 5.75 Å². The maximum atomic E-state index is 9.91. The topological polar surface area (TPSA) is 51.3 Å². The highest BCUT2D eigenvalue weighted by molar-refractivity contribution is 5.33. The Morgan fingerprint density at radius 1 is 1.22 bits per heavy atom. The summed E-state index contributed by atoms with van der Waals surface area (Å²) in [5, 5.41) is 10.4. The number of nitrogens with one attached hydrogen (secondary N) is 1. The molecule has 2 N–H and O–H groups in total. The molecule has 0 amide bonds. The van der Waals surface area contributed by atoms with Crippen LogP contribution in [-0.2, 0) is 0 Å². The highest BCUT2D eigenvalue weighted by Crippen LogP contribution is 2.08. The number of aromatic hydroxyl groups is 1. The Kier molecular flexibility index (Phi) is 1.44. The van der Waals surface area contributed by atoms with Gasteiger partial charge >= 0.3 is 0 Å². The van der Waals surface area contributed by atoms with Crippen molar-refractivity contribution >= 4 is 5.69 Å². The van der Waals surface area contributed by atoms with E-state index in [-0.39, 0.29) is 5.75 Å². The zero-order valence-corrected chi connectivity index (χ0v) is 4.66. The molecular weight excluding hydrogens is 118 g/mol. The van der Waals surface area contributed by atoms with Crippen molar-refractivity contribution in [1.29, 1.82) is 0 Å². The molecular formula is C6H6NO2+. The fourth-order valence-electron chi connectivity index (χ4n) is 0.529. The molecule has 0 unspecified atom stereocenters. The molecule has 0 aliphatic heterocycles. The van der Waals surface area contributed by atoms with Gasteiger partial charge in [0, 0.05) is 22.2 Å². The fourth-order valence-corrected chi connectivity index (χ4v) is 0.529. The summed E-state index contributed by atoms with van der Waals surface area (Å²) in [6.07, 6.45) is 0. The number of nitroso groups, excluding NO2 is 1. The van der Waals surface area contributed by atoms with Gasteiger partial charge in [0.25, 0.3) is 5.69 Å². The van der Waals surface area contributed by atoms with Crippen LogP contribution in [0.3, 0.4) is 0 Å². The molecule has 3 nitrogen and oxygen atoms in total. The largest absolute Gasteiger partial charge is 0.508 e. The van der Waals surface area contributed by atoms with Gasteiger partial charge in [-0.05, 0) is 12.1 Å². The first-order valence-electron chi connectivity index (χ1n) is 2.50. The van der Waals surface area contributed by atoms with Crippen LogP contribution < -0.4 is 5.18 Å². The molecule has 0 atom stereocenters. The van der Waals surface area contributed by atoms with Crippen molar-refractivity contribution in [1.82, 2.24) is 0 Å². The minimum Gasteiger partial charge on any atom is -0.508 e. The van der Waals surface area contributed by atoms with E-state index in [0.717, 1.165) is 0 Å². The molecule has 0 spiro atoms. The van der Waals surface area contributed by atoms with E-state index in [9.17, 15) is 4.91 Å². The summed E-state index contributed by atoms with van der Waals surface area (Å²) >= 11 is 0. The molecule has 0 saturated carbocycles. The molecule has 0 heterocycles. The van der Waals surface area contributed by atoms with Crippen LogP contribution in [0.25, 0.3) is 0 Å². The molecule has 0 saturated heterocycles. The van der Waals surface area contributed by atoms with Crippen molar-refractivity contribution in [3.63, 3.8) is 0 Å². The molecule has 1 rings (SSSR count). The molecule has 1 aromatic carbocycles. The Bertz CT molecular complexity index is 205. The highest BCUT2D eigenvalue weighted by atomic mass is 16.3. The molecule has 0 fully saturated rings. The Labute approximate surface area is 51.9 Å². The average Bonchev–Trinajstić information content (AvgIpc) is 1.90. The molecule has 46 valence electrons. The number of phenolic OH excluding ortho intramolecular Hbond substituents is 1. The summed E-state index contributed by atoms with van der Waals surface area (Å²) in [5.41, 5.74) is 0.452. The second kappa shape index (κ2) is 2.26. The summed E-state index contributed by atoms with van der Waals surface area (Å²) in [5.74, 6) is 0.161. The van der Waals surface area contributed by atoms with E-state index in [4.69, 9.17) is 5.11 Å². The summed E-state index contributed by atoms with van der Waals surface area (Å²) in [4.78, 5) is 9.91. The first kappa shape index (κ1) is 5.75. The molecule has 3 heteroatoms. The van der Waals surface area contributed by atoms with E-state index < -0.39 is 0 Å². The Morgan fingerprint density at radius 3 is 2.22 bits per heavy atom. The van der Waals surface area contributed by atoms with Gasteiger partial charge in [0.15, 0.2) is 0 Å². The van der Waals surface area contributed by atoms with E-state index >= 15 is 0 Å². The van der Waals surface area contributed by atoms with Crippen LogP contribution in [0.4, 0.5) is 5.69 Å². The maximum absolute atomic E-state index is 9.91. The van der Waals surface area contributed by atoms with Gasteiger partial charge in [-0.1, -0.05) is 0 Å². The van der Waals surface area contributed by atoms with E-state index in [0.29, 0.717) is 5.69 Å². The van der Waals surface area contributed by atoms with Crippen LogP contribution >= 0.6 is 0 Å². The van der Waals surface area contributed by atoms with Crippen LogP contribution in [-0.4, -0.2) is 5.11 Å². The minimum absolute atomic E-state index is 0.161. The normalized spacial score (nSPS) is 8.89. The fraction of sp³-hybridized carbons (Fsp3) is 0. The van der Waals surface area contributed by atoms with Crippen LogP contribution in [0.1, 0.15) is 0 Å². The van der Waals surface area contributed by atoms with Crippen molar-refractivity contribution in [3.8, 4) is 5.75 Å². The average molecular weight is 124 g/mol. The Balaban J connectivity index is 3.01. The minimum atomic E-state index is 0.161. The predicted molar refractivity (Wildman–Crippen MR) is 32.1 cm³/mol. The number of benzene rings is 1. The summed E-state index contributed by atoms with van der Waals surface area (Å²) in [6, 6.07) is 5.89. The Hall–Kier alpha value is -1.38. The van der Waals surface area contributed by atoms with Gasteiger partial charge in [-0.25, -0.2) is 0 Å². The highest BCUT2D eigenvalue weighted by Gasteiger charge is 1.94. The zero-order chi connectivity index (χ0) is 6.69. The summed E-state index contributed by atoms with van der Waals surface area (Å²) in [7, 11) is 0. The molecule has 0 bridgehead atoms. The molecule has 0 aromatic heterocycles. The number of hydrogen-bond donors (Lipinski definition) is 2. The lowest BCUT2D eigenvalue weighted by molar-refractivity contribution is -0.379. The van der Waals surface area contributed by atoms with E-state index in [1.54, 1.807) is 5.18 Å². The third-order valence-electron chi connectivity index (χ3n) is 0.985. The van der Waals surface area contributed by atoms with Crippen molar-refractivity contribution in [2.45, 2.75) is 0 Å². The van der Waals surface area contributed by atoms with Gasteiger partial charge in [0.05, 0.1) is 0 Å². The first-order valence-corrected chi connectivity index (χ1v) is 2.50. The lowest BCUT2D eigenvalue weighted by atomic mass is 10.3. The van der Waals surface area contributed by atoms with Crippen molar-refractivity contribution in [3.05, 3.63) is 29.2 Å². The lowest BCUT2D eigenvalue weighted by Crippen LogP contribution is -2.55. The van der Waals surface area contributed by atoms with Crippen LogP contribution in [0.2, 0.25) is 0 Å². The SMILES string of the molecule is O=[NH+]c1ccc(O)cc1. The molecule has 0 aliphatic rings. The zero-order valence-electron chi connectivity index (χ0n) is 4.66. The van der Waals surface area contributed by atoms with E-state index in [1.165, 1.54) is 24.3 Å². The second-order valence-corrected chi connectivity index (χ2v) is 1.65. The molecule has 9 heavy (non-hydrogen) atoms. The first-order chi connectivity index (χ1) is 4.33. The summed E-state index contributed by atoms with van der Waals surface area (Å²) in [6.45, 7) is 0. The standard InChI is InChI=1S/C6H5NO2/c8-6-3-1-5(7-9)2-4-6/h1-4,8H/p+1. The second-order valence-electron chi connectivity index (χ2n) is 1.65. The van der Waals surface area contributed by atoms with Crippen molar-refractivity contribution < 1.29 is 10.3 Å². The summed E-state index contributed by atoms with van der Waals surface area (Å²) < 4.78 is 0. The van der Waals surface area contributed by atoms with E-state index in [2.05, 4.69) is 0 Å². The monoisotopic (exact) mass is 124 g/mol. The quantitative estimate of drug-likeness (QED) is 0.512. The smallest absolute Gasteiger partial charge is 0.253 e. The molecule has 0 aliphatic carbocycles. The van der Waals surface area contributed by atoms with Gasteiger partial charge in [-0.3, -0.25) is 0 Å². The van der Waals surface area contributed by atoms with Crippen molar-refractivity contribution in [2.24, 2.45) is 0 Å². The Morgan fingerprint density at radius 2 is 1.78 bits per heavy atom. The molecule has 1 aromatic rings.